The summed E-state index contributed by atoms with van der Waals surface area (Å²) in [7, 11) is 0. The van der Waals surface area contributed by atoms with Crippen molar-refractivity contribution >= 4 is 6.03 Å². The van der Waals surface area contributed by atoms with Crippen LogP contribution < -0.4 is 11.1 Å². The summed E-state index contributed by atoms with van der Waals surface area (Å²) in [5, 5.41) is 2.67. The highest BCUT2D eigenvalue weighted by Crippen LogP contribution is 2.09. The first-order valence-corrected chi connectivity index (χ1v) is 3.50. The quantitative estimate of drug-likeness (QED) is 0.519. The van der Waals surface area contributed by atoms with E-state index < -0.39 is 6.03 Å². The van der Waals surface area contributed by atoms with Crippen LogP contribution in [0.2, 0.25) is 0 Å². The summed E-state index contributed by atoms with van der Waals surface area (Å²) in [6, 6.07) is -0.150. The van der Waals surface area contributed by atoms with Crippen LogP contribution in [0.3, 0.4) is 0 Å². The van der Waals surface area contributed by atoms with Crippen molar-refractivity contribution in [3.63, 3.8) is 0 Å². The molecule has 1 atom stereocenters. The molecule has 0 radical (unpaired) electrons. The molecule has 0 saturated carbocycles. The van der Waals surface area contributed by atoms with Gasteiger partial charge in [-0.05, 0) is 19.3 Å². The highest BCUT2D eigenvalue weighted by atomic mass is 16.2. The van der Waals surface area contributed by atoms with Crippen molar-refractivity contribution in [3.8, 4) is 0 Å². The lowest BCUT2D eigenvalue weighted by Crippen LogP contribution is -2.38. The van der Waals surface area contributed by atoms with E-state index in [9.17, 15) is 4.79 Å². The van der Waals surface area contributed by atoms with Gasteiger partial charge >= 0.3 is 6.03 Å². The Balaban J connectivity index is 2.28. The van der Waals surface area contributed by atoms with Gasteiger partial charge in [-0.3, -0.25) is 0 Å². The Hall–Kier alpha value is -0.990. The van der Waals surface area contributed by atoms with E-state index in [4.69, 9.17) is 5.73 Å². The van der Waals surface area contributed by atoms with E-state index in [1.165, 1.54) is 0 Å². The van der Waals surface area contributed by atoms with Gasteiger partial charge < -0.3 is 11.1 Å². The lowest BCUT2D eigenvalue weighted by molar-refractivity contribution is 0.244. The number of nitrogens with one attached hydrogen (secondary N) is 1. The Morgan fingerprint density at radius 1 is 1.60 bits per heavy atom. The van der Waals surface area contributed by atoms with Gasteiger partial charge in [0, 0.05) is 6.04 Å². The second kappa shape index (κ2) is 3.25. The molecule has 1 unspecified atom stereocenters. The van der Waals surface area contributed by atoms with Gasteiger partial charge in [0.25, 0.3) is 0 Å². The zero-order valence-corrected chi connectivity index (χ0v) is 5.84. The van der Waals surface area contributed by atoms with Crippen LogP contribution in [-0.2, 0) is 0 Å². The maximum atomic E-state index is 10.4. The van der Waals surface area contributed by atoms with Crippen LogP contribution in [0.15, 0.2) is 12.2 Å². The molecule has 0 saturated heterocycles. The van der Waals surface area contributed by atoms with E-state index in [1.807, 2.05) is 0 Å². The highest BCUT2D eigenvalue weighted by molar-refractivity contribution is 5.71. The molecule has 1 aliphatic rings. The van der Waals surface area contributed by atoms with Gasteiger partial charge in [-0.2, -0.15) is 0 Å². The van der Waals surface area contributed by atoms with E-state index in [1.54, 1.807) is 0 Å². The van der Waals surface area contributed by atoms with Crippen LogP contribution in [0.4, 0.5) is 4.79 Å². The van der Waals surface area contributed by atoms with Crippen molar-refractivity contribution in [1.29, 1.82) is 0 Å². The summed E-state index contributed by atoms with van der Waals surface area (Å²) in [5.74, 6) is 0. The Morgan fingerprint density at radius 3 is 2.90 bits per heavy atom. The zero-order valence-electron chi connectivity index (χ0n) is 5.84. The van der Waals surface area contributed by atoms with Crippen molar-refractivity contribution in [1.82, 2.24) is 5.32 Å². The standard InChI is InChI=1S/C7H12N2O/c8-7(10)9-6-4-2-1-3-5-6/h1-2,6H,3-5H2,(H3,8,9,10). The molecule has 0 aliphatic heterocycles. The molecule has 56 valence electrons. The van der Waals surface area contributed by atoms with Gasteiger partial charge in [-0.1, -0.05) is 12.2 Å². The van der Waals surface area contributed by atoms with Crippen molar-refractivity contribution in [2.75, 3.05) is 0 Å². The second-order valence-corrected chi connectivity index (χ2v) is 2.49. The van der Waals surface area contributed by atoms with Gasteiger partial charge in [0.1, 0.15) is 0 Å². The Bertz CT molecular complexity index is 154. The van der Waals surface area contributed by atoms with Crippen molar-refractivity contribution < 1.29 is 4.79 Å². The Morgan fingerprint density at radius 2 is 2.40 bits per heavy atom. The van der Waals surface area contributed by atoms with E-state index in [2.05, 4.69) is 17.5 Å². The van der Waals surface area contributed by atoms with Crippen molar-refractivity contribution in [2.45, 2.75) is 25.3 Å². The number of rotatable bonds is 1. The summed E-state index contributed by atoms with van der Waals surface area (Å²) in [5.41, 5.74) is 4.95. The molecule has 0 aromatic heterocycles. The Labute approximate surface area is 60.3 Å². The molecule has 0 spiro atoms. The molecule has 0 aromatic carbocycles. The number of hydrogen-bond acceptors (Lipinski definition) is 1. The topological polar surface area (TPSA) is 55.1 Å². The van der Waals surface area contributed by atoms with Crippen LogP contribution in [0, 0.1) is 0 Å². The third-order valence-corrected chi connectivity index (χ3v) is 1.62. The van der Waals surface area contributed by atoms with Crippen LogP contribution in [0.25, 0.3) is 0 Å². The number of carbonyl (C=O) groups is 1. The minimum absolute atomic E-state index is 0.266. The van der Waals surface area contributed by atoms with E-state index >= 15 is 0 Å². The van der Waals surface area contributed by atoms with Crippen LogP contribution in [0.1, 0.15) is 19.3 Å². The predicted octanol–water partition coefficient (Wildman–Crippen LogP) is 0.763. The van der Waals surface area contributed by atoms with Crippen molar-refractivity contribution in [3.05, 3.63) is 12.2 Å². The fourth-order valence-corrected chi connectivity index (χ4v) is 1.13. The fourth-order valence-electron chi connectivity index (χ4n) is 1.13. The third-order valence-electron chi connectivity index (χ3n) is 1.62. The van der Waals surface area contributed by atoms with Crippen LogP contribution >= 0.6 is 0 Å². The van der Waals surface area contributed by atoms with Crippen molar-refractivity contribution in [2.24, 2.45) is 5.73 Å². The smallest absolute Gasteiger partial charge is 0.312 e. The van der Waals surface area contributed by atoms with Gasteiger partial charge in [-0.25, -0.2) is 4.79 Å². The number of urea groups is 1. The SMILES string of the molecule is NC(=O)NC1CC=CCC1. The first-order valence-electron chi connectivity index (χ1n) is 3.50. The molecule has 2 amide bonds. The number of amides is 2. The minimum Gasteiger partial charge on any atom is -0.352 e. The molecule has 0 aromatic rings. The Kier molecular flexibility index (Phi) is 2.31. The number of carbonyl (C=O) groups excluding carboxylic acids is 1. The summed E-state index contributed by atoms with van der Waals surface area (Å²) < 4.78 is 0. The third kappa shape index (κ3) is 2.09. The zero-order chi connectivity index (χ0) is 7.40. The number of nitrogens with two attached hydrogens (primary N) is 1. The van der Waals surface area contributed by atoms with Crippen LogP contribution in [0.5, 0.6) is 0 Å². The van der Waals surface area contributed by atoms with E-state index in [0.29, 0.717) is 0 Å². The molecule has 3 N–H and O–H groups in total. The predicted molar refractivity (Wildman–Crippen MR) is 39.5 cm³/mol. The second-order valence-electron chi connectivity index (χ2n) is 2.49. The average molecular weight is 140 g/mol. The van der Waals surface area contributed by atoms with Gasteiger partial charge in [0.15, 0.2) is 0 Å². The van der Waals surface area contributed by atoms with Crippen LogP contribution in [-0.4, -0.2) is 12.1 Å². The molecule has 10 heavy (non-hydrogen) atoms. The first-order chi connectivity index (χ1) is 4.79. The van der Waals surface area contributed by atoms with Gasteiger partial charge in [-0.15, -0.1) is 0 Å². The lowest BCUT2D eigenvalue weighted by Gasteiger charge is -2.17. The average Bonchev–Trinajstić information content (AvgIpc) is 1.88. The molecular formula is C7H12N2O. The monoisotopic (exact) mass is 140 g/mol. The van der Waals surface area contributed by atoms with Gasteiger partial charge in [0.2, 0.25) is 0 Å². The first kappa shape index (κ1) is 7.12. The van der Waals surface area contributed by atoms with E-state index in [0.717, 1.165) is 19.3 Å². The summed E-state index contributed by atoms with van der Waals surface area (Å²) in [4.78, 5) is 10.4. The van der Waals surface area contributed by atoms with E-state index in [-0.39, 0.29) is 6.04 Å². The number of allylic oxidation sites excluding steroid dienone is 1. The molecule has 3 heteroatoms. The summed E-state index contributed by atoms with van der Waals surface area (Å²) in [6.45, 7) is 0. The molecular weight excluding hydrogens is 128 g/mol. The summed E-state index contributed by atoms with van der Waals surface area (Å²) >= 11 is 0. The maximum absolute atomic E-state index is 10.4. The minimum atomic E-state index is -0.416. The molecule has 1 aliphatic carbocycles. The molecule has 0 heterocycles. The number of primary amides is 1. The maximum Gasteiger partial charge on any atom is 0.312 e. The normalized spacial score (nSPS) is 24.2. The molecule has 0 bridgehead atoms. The molecule has 0 fully saturated rings. The lowest BCUT2D eigenvalue weighted by atomic mass is 10.0. The summed E-state index contributed by atoms with van der Waals surface area (Å²) in [6.07, 6.45) is 7.18. The fraction of sp³-hybridized carbons (Fsp3) is 0.571. The largest absolute Gasteiger partial charge is 0.352 e. The van der Waals surface area contributed by atoms with Gasteiger partial charge in [0.05, 0.1) is 0 Å². The molecule has 1 rings (SSSR count). The molecule has 3 nitrogen and oxygen atoms in total. The number of hydrogen-bond donors (Lipinski definition) is 2. The highest BCUT2D eigenvalue weighted by Gasteiger charge is 2.09.